The third-order valence-corrected chi connectivity index (χ3v) is 3.80. The summed E-state index contributed by atoms with van der Waals surface area (Å²) >= 11 is 0.840. The van der Waals surface area contributed by atoms with Gasteiger partial charge in [0.1, 0.15) is 10.6 Å². The van der Waals surface area contributed by atoms with Crippen LogP contribution in [0.4, 0.5) is 5.00 Å². The molecule has 94 valence electrons. The minimum Gasteiger partial charge on any atom is -0.478 e. The van der Waals surface area contributed by atoms with E-state index in [4.69, 9.17) is 5.11 Å². The molecule has 7 heteroatoms. The Morgan fingerprint density at radius 2 is 1.67 bits per heavy atom. The van der Waals surface area contributed by atoms with Gasteiger partial charge in [0.05, 0.1) is 5.69 Å². The van der Waals surface area contributed by atoms with E-state index < -0.39 is 17.8 Å². The fourth-order valence-electron chi connectivity index (χ4n) is 1.69. The van der Waals surface area contributed by atoms with Crippen molar-refractivity contribution >= 4 is 34.3 Å². The first-order valence-electron chi connectivity index (χ1n) is 5.12. The van der Waals surface area contributed by atoms with E-state index in [1.165, 1.54) is 6.92 Å². The summed E-state index contributed by atoms with van der Waals surface area (Å²) in [5.41, 5.74) is 0.874. The first-order valence-corrected chi connectivity index (χ1v) is 5.89. The number of anilines is 1. The predicted molar refractivity (Wildman–Crippen MR) is 64.7 cm³/mol. The Hall–Kier alpha value is -2.02. The van der Waals surface area contributed by atoms with E-state index >= 15 is 0 Å². The van der Waals surface area contributed by atoms with Crippen LogP contribution in [0, 0.1) is 6.92 Å². The molecule has 0 saturated heterocycles. The summed E-state index contributed by atoms with van der Waals surface area (Å²) in [6, 6.07) is 0. The van der Waals surface area contributed by atoms with E-state index in [1.807, 2.05) is 0 Å². The van der Waals surface area contributed by atoms with Crippen LogP contribution in [0.3, 0.4) is 0 Å². The molecular formula is C11H10N2O4S. The van der Waals surface area contributed by atoms with E-state index in [9.17, 15) is 14.4 Å². The number of hydrogen-bond donors (Lipinski definition) is 1. The molecule has 2 rings (SSSR count). The van der Waals surface area contributed by atoms with Gasteiger partial charge in [0.15, 0.2) is 0 Å². The molecule has 0 aliphatic carbocycles. The average molecular weight is 266 g/mol. The minimum absolute atomic E-state index is 0.0752. The number of carboxylic acids is 1. The van der Waals surface area contributed by atoms with E-state index in [0.29, 0.717) is 16.8 Å². The van der Waals surface area contributed by atoms with Crippen LogP contribution in [0.5, 0.6) is 0 Å². The second-order valence-corrected chi connectivity index (χ2v) is 4.70. The Bertz CT molecular complexity index is 591. The number of carbonyl (C=O) groups excluding carboxylic acids is 2. The number of aromatic nitrogens is 1. The van der Waals surface area contributed by atoms with Gasteiger partial charge in [-0.25, -0.2) is 9.69 Å². The molecule has 6 nitrogen and oxygen atoms in total. The number of imide groups is 1. The second kappa shape index (κ2) is 4.02. The Morgan fingerprint density at radius 3 is 2.11 bits per heavy atom. The molecule has 0 atom stereocenters. The average Bonchev–Trinajstić information content (AvgIpc) is 2.75. The van der Waals surface area contributed by atoms with Crippen LogP contribution in [-0.2, 0) is 9.59 Å². The number of carbonyl (C=O) groups is 3. The molecule has 18 heavy (non-hydrogen) atoms. The largest absolute Gasteiger partial charge is 0.478 e. The van der Waals surface area contributed by atoms with Crippen LogP contribution in [0.25, 0.3) is 0 Å². The topological polar surface area (TPSA) is 87.6 Å². The minimum atomic E-state index is -1.20. The molecule has 1 N–H and O–H groups in total. The summed E-state index contributed by atoms with van der Waals surface area (Å²) in [5.74, 6) is -2.16. The normalized spacial score (nSPS) is 15.8. The SMILES string of the molecule is CC1=C(C)C(=O)N(c2snc(C)c2C(=O)O)C1=O. The third kappa shape index (κ3) is 1.55. The molecule has 0 fully saturated rings. The predicted octanol–water partition coefficient (Wildman–Crippen LogP) is 1.36. The van der Waals surface area contributed by atoms with Crippen LogP contribution in [0.15, 0.2) is 11.1 Å². The highest BCUT2D eigenvalue weighted by Crippen LogP contribution is 2.34. The summed E-state index contributed by atoms with van der Waals surface area (Å²) in [7, 11) is 0. The zero-order valence-electron chi connectivity index (χ0n) is 9.97. The summed E-state index contributed by atoms with van der Waals surface area (Å²) < 4.78 is 3.90. The van der Waals surface area contributed by atoms with Gasteiger partial charge < -0.3 is 5.11 Å². The van der Waals surface area contributed by atoms with Crippen LogP contribution in [0.1, 0.15) is 29.9 Å². The number of aryl methyl sites for hydroxylation is 1. The maximum absolute atomic E-state index is 11.9. The molecule has 0 aromatic carbocycles. The van der Waals surface area contributed by atoms with Gasteiger partial charge in [0.25, 0.3) is 11.8 Å². The fourth-order valence-corrected chi connectivity index (χ4v) is 2.58. The first-order chi connectivity index (χ1) is 8.36. The molecule has 0 bridgehead atoms. The van der Waals surface area contributed by atoms with Crippen LogP contribution >= 0.6 is 11.5 Å². The standard InChI is InChI=1S/C11H10N2O4S/c1-4-5(2)9(15)13(8(4)14)10-7(11(16)17)6(3)12-18-10/h1-3H3,(H,16,17). The third-order valence-electron chi connectivity index (χ3n) is 2.87. The van der Waals surface area contributed by atoms with Crippen molar-refractivity contribution in [3.05, 3.63) is 22.4 Å². The Kier molecular flexibility index (Phi) is 2.78. The summed E-state index contributed by atoms with van der Waals surface area (Å²) in [6.45, 7) is 4.62. The van der Waals surface area contributed by atoms with Gasteiger partial charge in [0, 0.05) is 11.1 Å². The van der Waals surface area contributed by atoms with Crippen molar-refractivity contribution in [1.82, 2.24) is 4.37 Å². The lowest BCUT2D eigenvalue weighted by Gasteiger charge is -2.12. The van der Waals surface area contributed by atoms with E-state index in [1.54, 1.807) is 13.8 Å². The molecule has 1 aliphatic rings. The zero-order chi connectivity index (χ0) is 13.6. The quantitative estimate of drug-likeness (QED) is 0.816. The monoisotopic (exact) mass is 266 g/mol. The van der Waals surface area contributed by atoms with Gasteiger partial charge in [-0.05, 0) is 32.3 Å². The zero-order valence-corrected chi connectivity index (χ0v) is 10.8. The lowest BCUT2D eigenvalue weighted by atomic mass is 10.2. The Balaban J connectivity index is 2.56. The molecule has 1 aromatic heterocycles. The van der Waals surface area contributed by atoms with Crippen molar-refractivity contribution in [1.29, 1.82) is 0 Å². The van der Waals surface area contributed by atoms with Crippen LogP contribution < -0.4 is 4.90 Å². The summed E-state index contributed by atoms with van der Waals surface area (Å²) in [5, 5.41) is 9.18. The molecule has 0 spiro atoms. The Labute approximate surface area is 107 Å². The van der Waals surface area contributed by atoms with E-state index in [2.05, 4.69) is 4.37 Å². The molecular weight excluding hydrogens is 256 g/mol. The molecule has 0 radical (unpaired) electrons. The van der Waals surface area contributed by atoms with Gasteiger partial charge >= 0.3 is 5.97 Å². The highest BCUT2D eigenvalue weighted by Gasteiger charge is 2.38. The smallest absolute Gasteiger partial charge is 0.340 e. The highest BCUT2D eigenvalue weighted by molar-refractivity contribution is 7.11. The van der Waals surface area contributed by atoms with Gasteiger partial charge in [0.2, 0.25) is 0 Å². The van der Waals surface area contributed by atoms with E-state index in [-0.39, 0.29) is 10.6 Å². The summed E-state index contributed by atoms with van der Waals surface area (Å²) in [6.07, 6.45) is 0. The van der Waals surface area contributed by atoms with Crippen molar-refractivity contribution in [2.45, 2.75) is 20.8 Å². The molecule has 2 amide bonds. The molecule has 1 aromatic rings. The number of hydrogen-bond acceptors (Lipinski definition) is 5. The van der Waals surface area contributed by atoms with Gasteiger partial charge in [-0.15, -0.1) is 0 Å². The van der Waals surface area contributed by atoms with Crippen molar-refractivity contribution in [2.75, 3.05) is 4.90 Å². The van der Waals surface area contributed by atoms with Crippen molar-refractivity contribution < 1.29 is 19.5 Å². The number of rotatable bonds is 2. The van der Waals surface area contributed by atoms with Gasteiger partial charge in [-0.1, -0.05) is 0 Å². The maximum Gasteiger partial charge on any atom is 0.340 e. The Morgan fingerprint density at radius 1 is 1.17 bits per heavy atom. The molecule has 2 heterocycles. The lowest BCUT2D eigenvalue weighted by molar-refractivity contribution is -0.120. The van der Waals surface area contributed by atoms with Crippen molar-refractivity contribution in [3.63, 3.8) is 0 Å². The number of nitrogens with zero attached hydrogens (tertiary/aromatic N) is 2. The highest BCUT2D eigenvalue weighted by atomic mass is 32.1. The lowest BCUT2D eigenvalue weighted by Crippen LogP contribution is -2.31. The molecule has 1 aliphatic heterocycles. The second-order valence-electron chi connectivity index (χ2n) is 3.95. The number of aromatic carboxylic acids is 1. The first kappa shape index (κ1) is 12.4. The maximum atomic E-state index is 11.9. The van der Waals surface area contributed by atoms with Crippen molar-refractivity contribution in [2.24, 2.45) is 0 Å². The molecule has 0 saturated carbocycles. The number of amides is 2. The fraction of sp³-hybridized carbons (Fsp3) is 0.273. The van der Waals surface area contributed by atoms with Gasteiger partial charge in [-0.2, -0.15) is 4.37 Å². The van der Waals surface area contributed by atoms with Crippen LogP contribution in [0.2, 0.25) is 0 Å². The molecule has 0 unspecified atom stereocenters. The summed E-state index contributed by atoms with van der Waals surface area (Å²) in [4.78, 5) is 35.9. The number of carboxylic acid groups (broad SMARTS) is 1. The van der Waals surface area contributed by atoms with Gasteiger partial charge in [-0.3, -0.25) is 9.59 Å². The van der Waals surface area contributed by atoms with Crippen molar-refractivity contribution in [3.8, 4) is 0 Å². The van der Waals surface area contributed by atoms with Crippen LogP contribution in [-0.4, -0.2) is 27.3 Å². The van der Waals surface area contributed by atoms with E-state index in [0.717, 1.165) is 16.4 Å².